The van der Waals surface area contributed by atoms with Crippen LogP contribution in [0.2, 0.25) is 0 Å². The van der Waals surface area contributed by atoms with Crippen molar-refractivity contribution >= 4 is 45.6 Å². The molecule has 2 aromatic carbocycles. The van der Waals surface area contributed by atoms with Crippen molar-refractivity contribution in [2.24, 2.45) is 11.1 Å². The third-order valence-corrected chi connectivity index (χ3v) is 8.84. The van der Waals surface area contributed by atoms with Crippen LogP contribution in [0.4, 0.5) is 10.8 Å². The molecule has 0 saturated carbocycles. The first-order valence-electron chi connectivity index (χ1n) is 12.6. The first-order chi connectivity index (χ1) is 19.2. The number of nitrogens with one attached hydrogen (secondary N) is 1. The van der Waals surface area contributed by atoms with Crippen LogP contribution in [0.15, 0.2) is 81.6 Å². The fourth-order valence-electron chi connectivity index (χ4n) is 5.05. The van der Waals surface area contributed by atoms with E-state index in [1.807, 2.05) is 68.4 Å². The van der Waals surface area contributed by atoms with E-state index in [1.165, 1.54) is 23.1 Å². The third-order valence-electron chi connectivity index (χ3n) is 6.80. The van der Waals surface area contributed by atoms with E-state index < -0.39 is 5.92 Å². The van der Waals surface area contributed by atoms with Gasteiger partial charge in [-0.3, -0.25) is 14.5 Å². The molecule has 0 radical (unpaired) electrons. The Bertz CT molecular complexity index is 1550. The van der Waals surface area contributed by atoms with Crippen LogP contribution in [0.5, 0.6) is 5.75 Å². The summed E-state index contributed by atoms with van der Waals surface area (Å²) in [5, 5.41) is 22.2. The van der Waals surface area contributed by atoms with Gasteiger partial charge in [0.2, 0.25) is 11.0 Å². The number of hydrogen-bond donors (Lipinski definition) is 2. The van der Waals surface area contributed by atoms with Gasteiger partial charge in [-0.15, -0.1) is 10.2 Å². The topological polar surface area (TPSA) is 134 Å². The number of hydrogen-bond acceptors (Lipinski definition) is 10. The number of nitrogens with zero attached hydrogens (tertiary/aromatic N) is 4. The summed E-state index contributed by atoms with van der Waals surface area (Å²) in [6.45, 7) is 4.09. The first kappa shape index (κ1) is 27.4. The minimum absolute atomic E-state index is 0.0194. The molecule has 5 rings (SSSR count). The van der Waals surface area contributed by atoms with Crippen LogP contribution in [-0.4, -0.2) is 34.8 Å². The Morgan fingerprint density at radius 3 is 2.60 bits per heavy atom. The van der Waals surface area contributed by atoms with E-state index >= 15 is 0 Å². The van der Waals surface area contributed by atoms with Gasteiger partial charge in [-0.1, -0.05) is 67.3 Å². The van der Waals surface area contributed by atoms with Crippen LogP contribution >= 0.6 is 23.1 Å². The Kier molecular flexibility index (Phi) is 7.65. The minimum atomic E-state index is -0.589. The molecule has 11 heteroatoms. The SMILES string of the molecule is COc1ccc(C2C(C#N)=C(N)N(c3nnc(SCC(=O)Nc4ccccc4)s3)C3=C2C(=O)CC(C)(C)C3)cc1. The molecule has 1 aliphatic heterocycles. The molecule has 2 aliphatic rings. The molecule has 1 unspecified atom stereocenters. The zero-order chi connectivity index (χ0) is 28.4. The van der Waals surface area contributed by atoms with E-state index in [2.05, 4.69) is 21.6 Å². The molecule has 1 aliphatic carbocycles. The molecule has 204 valence electrons. The lowest BCUT2D eigenvalue weighted by Crippen LogP contribution is -2.42. The molecule has 2 heterocycles. The van der Waals surface area contributed by atoms with E-state index in [4.69, 9.17) is 10.5 Å². The molecule has 1 atom stereocenters. The predicted octanol–water partition coefficient (Wildman–Crippen LogP) is 5.22. The van der Waals surface area contributed by atoms with Gasteiger partial charge in [-0.2, -0.15) is 5.26 Å². The summed E-state index contributed by atoms with van der Waals surface area (Å²) in [7, 11) is 1.59. The van der Waals surface area contributed by atoms with E-state index in [1.54, 1.807) is 12.0 Å². The second-order valence-electron chi connectivity index (χ2n) is 10.3. The smallest absolute Gasteiger partial charge is 0.234 e. The lowest BCUT2D eigenvalue weighted by molar-refractivity contribution is -0.118. The monoisotopic (exact) mass is 572 g/mol. The zero-order valence-electron chi connectivity index (χ0n) is 22.3. The summed E-state index contributed by atoms with van der Waals surface area (Å²) in [4.78, 5) is 27.8. The Morgan fingerprint density at radius 1 is 1.20 bits per heavy atom. The Balaban J connectivity index is 1.48. The van der Waals surface area contributed by atoms with Crippen LogP contribution in [0, 0.1) is 16.7 Å². The summed E-state index contributed by atoms with van der Waals surface area (Å²) in [6.07, 6.45) is 0.931. The van der Waals surface area contributed by atoms with E-state index in [-0.39, 0.29) is 34.3 Å². The highest BCUT2D eigenvalue weighted by molar-refractivity contribution is 8.01. The van der Waals surface area contributed by atoms with E-state index in [0.29, 0.717) is 33.6 Å². The van der Waals surface area contributed by atoms with Crippen LogP contribution in [0.1, 0.15) is 38.2 Å². The van der Waals surface area contributed by atoms with Crippen molar-refractivity contribution in [1.29, 1.82) is 5.26 Å². The Labute approximate surface area is 240 Å². The summed E-state index contributed by atoms with van der Waals surface area (Å²) in [6, 6.07) is 18.8. The number of methoxy groups -OCH3 is 1. The van der Waals surface area contributed by atoms with Crippen molar-refractivity contribution in [2.75, 3.05) is 23.1 Å². The first-order valence-corrected chi connectivity index (χ1v) is 14.4. The number of allylic oxidation sites excluding steroid dienone is 3. The number of ketones is 1. The van der Waals surface area contributed by atoms with E-state index in [9.17, 15) is 14.9 Å². The summed E-state index contributed by atoms with van der Waals surface area (Å²) < 4.78 is 5.87. The molecule has 1 amide bonds. The molecular formula is C29H28N6O3S2. The average Bonchev–Trinajstić information content (AvgIpc) is 3.39. The maximum Gasteiger partial charge on any atom is 0.234 e. The fourth-order valence-corrected chi connectivity index (χ4v) is 6.73. The summed E-state index contributed by atoms with van der Waals surface area (Å²) in [5.41, 5.74) is 9.46. The molecule has 0 spiro atoms. The van der Waals surface area contributed by atoms with Crippen LogP contribution in [-0.2, 0) is 9.59 Å². The molecule has 40 heavy (non-hydrogen) atoms. The molecule has 1 aromatic heterocycles. The minimum Gasteiger partial charge on any atom is -0.497 e. The number of anilines is 2. The molecular weight excluding hydrogens is 544 g/mol. The largest absolute Gasteiger partial charge is 0.497 e. The van der Waals surface area contributed by atoms with Gasteiger partial charge in [0.15, 0.2) is 10.1 Å². The lowest BCUT2D eigenvalue weighted by Gasteiger charge is -2.42. The molecule has 0 saturated heterocycles. The Morgan fingerprint density at radius 2 is 1.93 bits per heavy atom. The van der Waals surface area contributed by atoms with E-state index in [0.717, 1.165) is 16.9 Å². The number of benzene rings is 2. The number of nitrogens with two attached hydrogens (primary N) is 1. The van der Waals surface area contributed by atoms with Crippen LogP contribution in [0.25, 0.3) is 0 Å². The number of thioether (sulfide) groups is 1. The molecule has 0 fully saturated rings. The normalized spacial score (nSPS) is 18.3. The highest BCUT2D eigenvalue weighted by atomic mass is 32.2. The predicted molar refractivity (Wildman–Crippen MR) is 156 cm³/mol. The number of aromatic nitrogens is 2. The van der Waals surface area contributed by atoms with Crippen molar-refractivity contribution in [2.45, 2.75) is 36.9 Å². The van der Waals surface area contributed by atoms with Gasteiger partial charge in [0, 0.05) is 23.4 Å². The van der Waals surface area contributed by atoms with Crippen molar-refractivity contribution in [3.05, 3.63) is 82.8 Å². The maximum atomic E-state index is 13.7. The highest BCUT2D eigenvalue weighted by Gasteiger charge is 2.45. The van der Waals surface area contributed by atoms with Crippen molar-refractivity contribution in [1.82, 2.24) is 10.2 Å². The van der Waals surface area contributed by atoms with Crippen molar-refractivity contribution in [3.8, 4) is 11.8 Å². The average molecular weight is 573 g/mol. The molecule has 9 nitrogen and oxygen atoms in total. The number of rotatable bonds is 7. The quantitative estimate of drug-likeness (QED) is 0.366. The number of ether oxygens (including phenoxy) is 1. The van der Waals surface area contributed by atoms with Gasteiger partial charge in [0.25, 0.3) is 0 Å². The van der Waals surface area contributed by atoms with Gasteiger partial charge in [0.1, 0.15) is 11.6 Å². The van der Waals surface area contributed by atoms with Gasteiger partial charge in [-0.05, 0) is 41.7 Å². The number of carbonyl (C=O) groups excluding carboxylic acids is 2. The number of nitriles is 1. The highest BCUT2D eigenvalue weighted by Crippen LogP contribution is 2.50. The number of carbonyl (C=O) groups is 2. The van der Waals surface area contributed by atoms with Crippen LogP contribution in [0.3, 0.4) is 0 Å². The van der Waals surface area contributed by atoms with Gasteiger partial charge < -0.3 is 15.8 Å². The summed E-state index contributed by atoms with van der Waals surface area (Å²) >= 11 is 2.52. The second kappa shape index (κ2) is 11.2. The summed E-state index contributed by atoms with van der Waals surface area (Å²) in [5.74, 6) is 0.282. The number of para-hydroxylation sites is 1. The third kappa shape index (κ3) is 5.46. The van der Waals surface area contributed by atoms with Crippen LogP contribution < -0.4 is 20.7 Å². The van der Waals surface area contributed by atoms with Crippen molar-refractivity contribution in [3.63, 3.8) is 0 Å². The fraction of sp³-hybridized carbons (Fsp3) is 0.276. The maximum absolute atomic E-state index is 13.7. The molecule has 0 bridgehead atoms. The van der Waals surface area contributed by atoms with Crippen molar-refractivity contribution < 1.29 is 14.3 Å². The van der Waals surface area contributed by atoms with Gasteiger partial charge >= 0.3 is 0 Å². The lowest BCUT2D eigenvalue weighted by atomic mass is 9.68. The zero-order valence-corrected chi connectivity index (χ0v) is 23.9. The number of amides is 1. The second-order valence-corrected chi connectivity index (χ2v) is 12.5. The molecule has 3 N–H and O–H groups in total. The number of Topliss-reactive ketones (excluding diaryl/α,β-unsaturated/α-hetero) is 1. The molecule has 3 aromatic rings. The Hall–Kier alpha value is -4.14. The van der Waals surface area contributed by atoms with Gasteiger partial charge in [-0.25, -0.2) is 0 Å². The standard InChI is InChI=1S/C29H28N6O3S2/c1-29(2)13-21-25(22(36)14-29)24(17-9-11-19(38-3)12-10-17)20(15-30)26(31)35(21)27-33-34-28(40-27)39-16-23(37)32-18-7-5-4-6-8-18/h4-12,24H,13-14,16,31H2,1-3H3,(H,32,37). The van der Waals surface area contributed by atoms with Gasteiger partial charge in [0.05, 0.1) is 30.4 Å².